The Balaban J connectivity index is 1.53. The summed E-state index contributed by atoms with van der Waals surface area (Å²) in [6.45, 7) is 5.95. The van der Waals surface area contributed by atoms with Gasteiger partial charge in [-0.05, 0) is 68.7 Å². The molecule has 1 aliphatic heterocycles. The summed E-state index contributed by atoms with van der Waals surface area (Å²) in [5.41, 5.74) is 6.72. The molecule has 0 atom stereocenters. The van der Waals surface area contributed by atoms with Gasteiger partial charge < -0.3 is 20.7 Å². The largest absolute Gasteiger partial charge is 0.494 e. The van der Waals surface area contributed by atoms with E-state index in [0.717, 1.165) is 25.0 Å². The van der Waals surface area contributed by atoms with Gasteiger partial charge in [0, 0.05) is 36.8 Å². The Labute approximate surface area is 243 Å². The lowest BCUT2D eigenvalue weighted by Crippen LogP contribution is -2.41. The zero-order chi connectivity index (χ0) is 29.4. The molecule has 0 radical (unpaired) electrons. The second-order valence-corrected chi connectivity index (χ2v) is 11.0. The fourth-order valence-electron chi connectivity index (χ4n) is 4.84. The van der Waals surface area contributed by atoms with Crippen molar-refractivity contribution in [1.82, 2.24) is 14.5 Å². The topological polar surface area (TPSA) is 137 Å². The van der Waals surface area contributed by atoms with Crippen molar-refractivity contribution in [1.29, 1.82) is 0 Å². The standard InChI is InChI=1S/C30H37N5O5S/c1-3-5-6-15-35-29(39)24-12-7-21(28(38)34-16-13-20(14-17-34)27(31)37)18-25(24)33-30(35)41-19-26(36)32-22-8-10-23(11-9-22)40-4-2/h7-12,18,20H,3-6,13-17,19H2,1-2H3,(H2,31,37)(H,32,36). The molecule has 4 rings (SSSR count). The minimum atomic E-state index is -0.333. The van der Waals surface area contributed by atoms with Crippen molar-refractivity contribution in [2.24, 2.45) is 11.7 Å². The van der Waals surface area contributed by atoms with Crippen LogP contribution in [0.25, 0.3) is 10.9 Å². The number of amides is 3. The van der Waals surface area contributed by atoms with Crippen molar-refractivity contribution in [3.8, 4) is 5.75 Å². The summed E-state index contributed by atoms with van der Waals surface area (Å²) >= 11 is 1.19. The number of unbranched alkanes of at least 4 members (excludes halogenated alkanes) is 2. The zero-order valence-electron chi connectivity index (χ0n) is 23.6. The first kappa shape index (κ1) is 30.1. The fourth-order valence-corrected chi connectivity index (χ4v) is 5.66. The van der Waals surface area contributed by atoms with E-state index in [2.05, 4.69) is 12.2 Å². The molecule has 3 N–H and O–H groups in total. The maximum atomic E-state index is 13.5. The lowest BCUT2D eigenvalue weighted by atomic mass is 9.96. The van der Waals surface area contributed by atoms with Gasteiger partial charge in [0.1, 0.15) is 5.75 Å². The van der Waals surface area contributed by atoms with E-state index in [1.54, 1.807) is 51.9 Å². The van der Waals surface area contributed by atoms with Crippen molar-refractivity contribution in [3.63, 3.8) is 0 Å². The minimum Gasteiger partial charge on any atom is -0.494 e. The highest BCUT2D eigenvalue weighted by atomic mass is 32.2. The number of anilines is 1. The highest BCUT2D eigenvalue weighted by Gasteiger charge is 2.27. The molecule has 218 valence electrons. The van der Waals surface area contributed by atoms with Gasteiger partial charge in [0.25, 0.3) is 11.5 Å². The summed E-state index contributed by atoms with van der Waals surface area (Å²) < 4.78 is 7.07. The normalized spacial score (nSPS) is 13.8. The number of nitrogens with two attached hydrogens (primary N) is 1. The summed E-state index contributed by atoms with van der Waals surface area (Å²) in [6, 6.07) is 12.1. The van der Waals surface area contributed by atoms with Crippen LogP contribution in [0.1, 0.15) is 56.3 Å². The molecule has 2 aromatic carbocycles. The second kappa shape index (κ2) is 14.2. The van der Waals surface area contributed by atoms with Crippen molar-refractivity contribution >= 4 is 46.1 Å². The molecule has 0 spiro atoms. The van der Waals surface area contributed by atoms with E-state index >= 15 is 0 Å². The fraction of sp³-hybridized carbons (Fsp3) is 0.433. The summed E-state index contributed by atoms with van der Waals surface area (Å²) in [5, 5.41) is 3.73. The molecule has 0 bridgehead atoms. The van der Waals surface area contributed by atoms with Gasteiger partial charge in [-0.1, -0.05) is 31.5 Å². The molecular formula is C30H37N5O5S. The Kier molecular flexibility index (Phi) is 10.4. The third kappa shape index (κ3) is 7.66. The van der Waals surface area contributed by atoms with Crippen LogP contribution in [0.15, 0.2) is 52.4 Å². The highest BCUT2D eigenvalue weighted by Crippen LogP contribution is 2.23. The Hall–Kier alpha value is -3.86. The number of hydrogen-bond donors (Lipinski definition) is 2. The lowest BCUT2D eigenvalue weighted by molar-refractivity contribution is -0.123. The third-order valence-electron chi connectivity index (χ3n) is 7.12. The van der Waals surface area contributed by atoms with Gasteiger partial charge in [0.05, 0.1) is 23.3 Å². The number of primary amides is 1. The van der Waals surface area contributed by atoms with E-state index in [0.29, 0.717) is 66.4 Å². The molecule has 1 fully saturated rings. The summed E-state index contributed by atoms with van der Waals surface area (Å²) in [5.74, 6) is -0.157. The predicted octanol–water partition coefficient (Wildman–Crippen LogP) is 4.05. The number of piperidine rings is 1. The Morgan fingerprint density at radius 1 is 1.07 bits per heavy atom. The smallest absolute Gasteiger partial charge is 0.262 e. The number of benzene rings is 2. The molecule has 0 aliphatic carbocycles. The number of fused-ring (bicyclic) bond motifs is 1. The van der Waals surface area contributed by atoms with Crippen molar-refractivity contribution in [3.05, 3.63) is 58.4 Å². The molecule has 0 unspecified atom stereocenters. The van der Waals surface area contributed by atoms with E-state index in [9.17, 15) is 19.2 Å². The van der Waals surface area contributed by atoms with Gasteiger partial charge in [-0.3, -0.25) is 23.7 Å². The first-order valence-corrected chi connectivity index (χ1v) is 15.1. The Morgan fingerprint density at radius 3 is 2.46 bits per heavy atom. The van der Waals surface area contributed by atoms with E-state index in [4.69, 9.17) is 15.5 Å². The molecule has 1 saturated heterocycles. The van der Waals surface area contributed by atoms with Crippen LogP contribution in [-0.4, -0.2) is 57.6 Å². The van der Waals surface area contributed by atoms with Gasteiger partial charge in [-0.15, -0.1) is 0 Å². The quantitative estimate of drug-likeness (QED) is 0.188. The van der Waals surface area contributed by atoms with Crippen LogP contribution in [0.3, 0.4) is 0 Å². The molecule has 41 heavy (non-hydrogen) atoms. The molecule has 2 heterocycles. The molecule has 0 saturated carbocycles. The second-order valence-electron chi connectivity index (χ2n) is 10.1. The molecule has 3 amide bonds. The Bertz CT molecular complexity index is 1450. The van der Waals surface area contributed by atoms with Gasteiger partial charge in [-0.25, -0.2) is 4.98 Å². The van der Waals surface area contributed by atoms with Gasteiger partial charge in [0.2, 0.25) is 11.8 Å². The molecule has 1 aromatic heterocycles. The lowest BCUT2D eigenvalue weighted by Gasteiger charge is -2.30. The van der Waals surface area contributed by atoms with E-state index in [1.165, 1.54) is 11.8 Å². The number of aromatic nitrogens is 2. The molecule has 1 aliphatic rings. The van der Waals surface area contributed by atoms with Crippen LogP contribution in [0, 0.1) is 5.92 Å². The summed E-state index contributed by atoms with van der Waals surface area (Å²) in [4.78, 5) is 57.4. The van der Waals surface area contributed by atoms with E-state index in [-0.39, 0.29) is 35.0 Å². The van der Waals surface area contributed by atoms with Crippen molar-refractivity contribution in [2.45, 2.75) is 57.7 Å². The zero-order valence-corrected chi connectivity index (χ0v) is 24.4. The third-order valence-corrected chi connectivity index (χ3v) is 8.09. The van der Waals surface area contributed by atoms with Crippen LogP contribution >= 0.6 is 11.8 Å². The Morgan fingerprint density at radius 2 is 1.80 bits per heavy atom. The molecular weight excluding hydrogens is 542 g/mol. The number of ether oxygens (including phenoxy) is 1. The predicted molar refractivity (Wildman–Crippen MR) is 160 cm³/mol. The monoisotopic (exact) mass is 579 g/mol. The molecule has 3 aromatic rings. The van der Waals surface area contributed by atoms with Crippen LogP contribution < -0.4 is 21.3 Å². The van der Waals surface area contributed by atoms with Crippen LogP contribution in [0.2, 0.25) is 0 Å². The number of carbonyl (C=O) groups is 3. The minimum absolute atomic E-state index is 0.0619. The number of likely N-dealkylation sites (tertiary alicyclic amines) is 1. The van der Waals surface area contributed by atoms with Crippen LogP contribution in [0.4, 0.5) is 5.69 Å². The summed E-state index contributed by atoms with van der Waals surface area (Å²) in [6.07, 6.45) is 3.86. The molecule has 10 nitrogen and oxygen atoms in total. The maximum absolute atomic E-state index is 13.5. The SMILES string of the molecule is CCCCCn1c(SCC(=O)Nc2ccc(OCC)cc2)nc2cc(C(=O)N3CCC(C(N)=O)CC3)ccc2c1=O. The number of carbonyl (C=O) groups excluding carboxylic acids is 3. The number of rotatable bonds is 12. The van der Waals surface area contributed by atoms with E-state index in [1.807, 2.05) is 6.92 Å². The van der Waals surface area contributed by atoms with E-state index < -0.39 is 0 Å². The van der Waals surface area contributed by atoms with Crippen molar-refractivity contribution in [2.75, 3.05) is 30.8 Å². The van der Waals surface area contributed by atoms with Crippen molar-refractivity contribution < 1.29 is 19.1 Å². The van der Waals surface area contributed by atoms with Crippen LogP contribution in [0.5, 0.6) is 5.75 Å². The number of nitrogens with one attached hydrogen (secondary N) is 1. The summed E-state index contributed by atoms with van der Waals surface area (Å²) in [7, 11) is 0. The number of hydrogen-bond acceptors (Lipinski definition) is 7. The first-order valence-electron chi connectivity index (χ1n) is 14.1. The van der Waals surface area contributed by atoms with Gasteiger partial charge >= 0.3 is 0 Å². The van der Waals surface area contributed by atoms with Crippen LogP contribution in [-0.2, 0) is 16.1 Å². The average Bonchev–Trinajstić information content (AvgIpc) is 2.98. The average molecular weight is 580 g/mol. The maximum Gasteiger partial charge on any atom is 0.262 e. The highest BCUT2D eigenvalue weighted by molar-refractivity contribution is 7.99. The van der Waals surface area contributed by atoms with Gasteiger partial charge in [-0.2, -0.15) is 0 Å². The number of nitrogens with zero attached hydrogens (tertiary/aromatic N) is 3. The van der Waals surface area contributed by atoms with Gasteiger partial charge in [0.15, 0.2) is 5.16 Å². The number of thioether (sulfide) groups is 1. The first-order chi connectivity index (χ1) is 19.8. The molecule has 11 heteroatoms.